The Morgan fingerprint density at radius 2 is 2.00 bits per heavy atom. The Labute approximate surface area is 75.4 Å². The van der Waals surface area contributed by atoms with Crippen molar-refractivity contribution >= 4 is 35.2 Å². The van der Waals surface area contributed by atoms with Gasteiger partial charge in [-0.1, -0.05) is 11.6 Å². The van der Waals surface area contributed by atoms with Crippen LogP contribution in [0.25, 0.3) is 0 Å². The second-order valence-electron chi connectivity index (χ2n) is 1.58. The molecular formula is C6H8Cl2N2O. The average molecular weight is 195 g/mol. The van der Waals surface area contributed by atoms with Gasteiger partial charge in [-0.3, -0.25) is 0 Å². The molecule has 0 spiro atoms. The highest BCUT2D eigenvalue weighted by molar-refractivity contribution is 6.65. The van der Waals surface area contributed by atoms with E-state index in [9.17, 15) is 0 Å². The Balaban J connectivity index is 4.57. The summed E-state index contributed by atoms with van der Waals surface area (Å²) in [5, 5.41) is 0.413. The number of aliphatic imine (C=N–C) groups is 2. The van der Waals surface area contributed by atoms with E-state index in [4.69, 9.17) is 27.9 Å². The molecule has 62 valence electrons. The number of allylic oxidation sites excluding steroid dienone is 1. The van der Waals surface area contributed by atoms with Gasteiger partial charge >= 0.3 is 0 Å². The lowest BCUT2D eigenvalue weighted by atomic mass is 10.6. The van der Waals surface area contributed by atoms with E-state index in [0.29, 0.717) is 5.03 Å². The predicted molar refractivity (Wildman–Crippen MR) is 48.4 cm³/mol. The zero-order valence-corrected chi connectivity index (χ0v) is 7.78. The highest BCUT2D eigenvalue weighted by atomic mass is 35.5. The molecule has 0 aliphatic rings. The second kappa shape index (κ2) is 5.16. The molecule has 3 nitrogen and oxygen atoms in total. The van der Waals surface area contributed by atoms with Gasteiger partial charge < -0.3 is 4.74 Å². The molecule has 0 saturated carbocycles. The summed E-state index contributed by atoms with van der Waals surface area (Å²) < 4.78 is 4.77. The Morgan fingerprint density at radius 1 is 1.45 bits per heavy atom. The minimum absolute atomic E-state index is 0.00171. The van der Waals surface area contributed by atoms with Crippen molar-refractivity contribution in [3.05, 3.63) is 10.9 Å². The number of hydrogen-bond donors (Lipinski definition) is 0. The van der Waals surface area contributed by atoms with Gasteiger partial charge in [0, 0.05) is 0 Å². The molecule has 0 aromatic rings. The van der Waals surface area contributed by atoms with Crippen LogP contribution in [0.2, 0.25) is 0 Å². The molecule has 0 amide bonds. The lowest BCUT2D eigenvalue weighted by molar-refractivity contribution is 0.286. The first kappa shape index (κ1) is 10.5. The first-order chi connectivity index (χ1) is 5.11. The third-order valence-corrected chi connectivity index (χ3v) is 1.18. The molecule has 0 heterocycles. The fourth-order valence-electron chi connectivity index (χ4n) is 0.382. The van der Waals surface area contributed by atoms with Crippen molar-refractivity contribution in [1.29, 1.82) is 0 Å². The standard InChI is InChI=1S/C6H8Cl2N2O/c1-4(7)5(11-3)10-6(8)9-2/h2H2,1,3H3/b5-4-,10-6?. The maximum atomic E-state index is 5.57. The van der Waals surface area contributed by atoms with E-state index >= 15 is 0 Å². The number of methoxy groups -OCH3 is 1. The first-order valence-electron chi connectivity index (χ1n) is 2.73. The fourth-order valence-corrected chi connectivity index (χ4v) is 0.579. The summed E-state index contributed by atoms with van der Waals surface area (Å²) in [6, 6.07) is 0. The van der Waals surface area contributed by atoms with Gasteiger partial charge in [0.1, 0.15) is 0 Å². The third-order valence-electron chi connectivity index (χ3n) is 0.812. The summed E-state index contributed by atoms with van der Waals surface area (Å²) in [5.41, 5.74) is 0. The van der Waals surface area contributed by atoms with Gasteiger partial charge in [-0.05, 0) is 25.2 Å². The third kappa shape index (κ3) is 4.01. The molecule has 0 aromatic carbocycles. The average Bonchev–Trinajstić information content (AvgIpc) is 1.99. The number of rotatable bonds is 2. The van der Waals surface area contributed by atoms with E-state index in [1.165, 1.54) is 7.11 Å². The van der Waals surface area contributed by atoms with E-state index in [2.05, 4.69) is 16.7 Å². The minimum Gasteiger partial charge on any atom is -0.480 e. The zero-order chi connectivity index (χ0) is 8.85. The molecule has 5 heteroatoms. The first-order valence-corrected chi connectivity index (χ1v) is 3.48. The largest absolute Gasteiger partial charge is 0.480 e. The highest BCUT2D eigenvalue weighted by Crippen LogP contribution is 2.11. The predicted octanol–water partition coefficient (Wildman–Crippen LogP) is 2.36. The molecule has 0 atom stereocenters. The molecule has 11 heavy (non-hydrogen) atoms. The Hall–Kier alpha value is -0.540. The molecule has 0 saturated heterocycles. The lowest BCUT2D eigenvalue weighted by Crippen LogP contribution is -1.88. The maximum absolute atomic E-state index is 5.57. The van der Waals surface area contributed by atoms with Crippen molar-refractivity contribution in [2.45, 2.75) is 6.92 Å². The lowest BCUT2D eigenvalue weighted by Gasteiger charge is -1.99. The van der Waals surface area contributed by atoms with Crippen LogP contribution >= 0.6 is 23.2 Å². The zero-order valence-electron chi connectivity index (χ0n) is 6.27. The molecule has 0 fully saturated rings. The SMILES string of the molecule is C=NC(Cl)=N/C(OC)=C(\C)Cl. The van der Waals surface area contributed by atoms with Crippen LogP contribution < -0.4 is 0 Å². The Morgan fingerprint density at radius 3 is 2.27 bits per heavy atom. The number of ether oxygens (including phenoxy) is 1. The van der Waals surface area contributed by atoms with Crippen LogP contribution in [-0.2, 0) is 4.74 Å². The summed E-state index contributed by atoms with van der Waals surface area (Å²) >= 11 is 11.0. The van der Waals surface area contributed by atoms with E-state index in [1.54, 1.807) is 6.92 Å². The van der Waals surface area contributed by atoms with E-state index in [1.807, 2.05) is 0 Å². The normalized spacial score (nSPS) is 14.0. The van der Waals surface area contributed by atoms with Crippen molar-refractivity contribution in [2.75, 3.05) is 7.11 Å². The molecule has 0 radical (unpaired) electrons. The van der Waals surface area contributed by atoms with Crippen LogP contribution in [0.15, 0.2) is 20.9 Å². The number of nitrogens with zero attached hydrogens (tertiary/aromatic N) is 2. The van der Waals surface area contributed by atoms with E-state index in [0.717, 1.165) is 0 Å². The van der Waals surface area contributed by atoms with Crippen molar-refractivity contribution in [1.82, 2.24) is 0 Å². The van der Waals surface area contributed by atoms with E-state index in [-0.39, 0.29) is 11.2 Å². The smallest absolute Gasteiger partial charge is 0.230 e. The Bertz CT molecular complexity index is 207. The van der Waals surface area contributed by atoms with Gasteiger partial charge in [0.05, 0.1) is 12.1 Å². The highest BCUT2D eigenvalue weighted by Gasteiger charge is 1.98. The number of hydrogen-bond acceptors (Lipinski definition) is 2. The fraction of sp³-hybridized carbons (Fsp3) is 0.333. The van der Waals surface area contributed by atoms with Gasteiger partial charge in [-0.2, -0.15) is 4.99 Å². The molecule has 0 aliphatic carbocycles. The van der Waals surface area contributed by atoms with Gasteiger partial charge in [0.2, 0.25) is 11.2 Å². The molecule has 0 rings (SSSR count). The van der Waals surface area contributed by atoms with Crippen LogP contribution in [-0.4, -0.2) is 19.1 Å². The molecular weight excluding hydrogens is 187 g/mol. The summed E-state index contributed by atoms with van der Waals surface area (Å²) in [7, 11) is 1.44. The van der Waals surface area contributed by atoms with Crippen molar-refractivity contribution in [2.24, 2.45) is 9.98 Å². The van der Waals surface area contributed by atoms with Crippen LogP contribution in [0.4, 0.5) is 0 Å². The van der Waals surface area contributed by atoms with Crippen molar-refractivity contribution in [3.8, 4) is 0 Å². The quantitative estimate of drug-likeness (QED) is 0.288. The monoisotopic (exact) mass is 194 g/mol. The maximum Gasteiger partial charge on any atom is 0.230 e. The molecule has 0 aromatic heterocycles. The van der Waals surface area contributed by atoms with Gasteiger partial charge in [-0.15, -0.1) is 0 Å². The van der Waals surface area contributed by atoms with Crippen LogP contribution in [0.5, 0.6) is 0 Å². The molecule has 0 bridgehead atoms. The minimum atomic E-state index is 0.00171. The van der Waals surface area contributed by atoms with E-state index < -0.39 is 0 Å². The molecule has 0 aliphatic heterocycles. The number of halogens is 2. The van der Waals surface area contributed by atoms with Crippen LogP contribution in [0.1, 0.15) is 6.92 Å². The Kier molecular flexibility index (Phi) is 4.90. The number of amidine groups is 1. The van der Waals surface area contributed by atoms with Gasteiger partial charge in [-0.25, -0.2) is 4.99 Å². The summed E-state index contributed by atoms with van der Waals surface area (Å²) in [6.45, 7) is 4.81. The van der Waals surface area contributed by atoms with Crippen molar-refractivity contribution in [3.63, 3.8) is 0 Å². The second-order valence-corrected chi connectivity index (χ2v) is 2.49. The van der Waals surface area contributed by atoms with Gasteiger partial charge in [0.15, 0.2) is 0 Å². The summed E-state index contributed by atoms with van der Waals surface area (Å²) in [4.78, 5) is 7.04. The molecule has 0 unspecified atom stereocenters. The summed E-state index contributed by atoms with van der Waals surface area (Å²) in [6.07, 6.45) is 0. The summed E-state index contributed by atoms with van der Waals surface area (Å²) in [5.74, 6) is 0.240. The van der Waals surface area contributed by atoms with Crippen LogP contribution in [0, 0.1) is 0 Å². The van der Waals surface area contributed by atoms with Crippen molar-refractivity contribution < 1.29 is 4.74 Å². The van der Waals surface area contributed by atoms with Gasteiger partial charge in [0.25, 0.3) is 0 Å². The van der Waals surface area contributed by atoms with Crippen LogP contribution in [0.3, 0.4) is 0 Å². The topological polar surface area (TPSA) is 34.0 Å². The molecule has 0 N–H and O–H groups in total.